The molecule has 100 valence electrons. The summed E-state index contributed by atoms with van der Waals surface area (Å²) in [4.78, 5) is 4.75. The summed E-state index contributed by atoms with van der Waals surface area (Å²) >= 11 is 0. The third-order valence-electron chi connectivity index (χ3n) is 3.57. The van der Waals surface area contributed by atoms with E-state index in [4.69, 9.17) is 15.2 Å². The zero-order valence-corrected chi connectivity index (χ0v) is 11.0. The monoisotopic (exact) mass is 243 g/mol. The summed E-state index contributed by atoms with van der Waals surface area (Å²) < 4.78 is 11.5. The van der Waals surface area contributed by atoms with Crippen molar-refractivity contribution in [2.24, 2.45) is 5.73 Å². The minimum absolute atomic E-state index is 0.104. The zero-order chi connectivity index (χ0) is 12.3. The number of hydrogen-bond acceptors (Lipinski definition) is 5. The second-order valence-electron chi connectivity index (χ2n) is 5.28. The van der Waals surface area contributed by atoms with Crippen LogP contribution in [-0.2, 0) is 9.47 Å². The molecule has 5 nitrogen and oxygen atoms in total. The Morgan fingerprint density at radius 3 is 2.71 bits per heavy atom. The molecule has 0 radical (unpaired) electrons. The number of nitrogens with two attached hydrogens (primary N) is 1. The Morgan fingerprint density at radius 1 is 1.24 bits per heavy atom. The quantitative estimate of drug-likeness (QED) is 0.715. The summed E-state index contributed by atoms with van der Waals surface area (Å²) in [7, 11) is 2.15. The van der Waals surface area contributed by atoms with E-state index in [2.05, 4.69) is 16.8 Å². The van der Waals surface area contributed by atoms with Gasteiger partial charge < -0.3 is 20.1 Å². The highest BCUT2D eigenvalue weighted by Crippen LogP contribution is 2.11. The highest BCUT2D eigenvalue weighted by atomic mass is 16.5. The first kappa shape index (κ1) is 13.2. The molecule has 3 unspecified atom stereocenters. The first-order valence-electron chi connectivity index (χ1n) is 6.55. The molecule has 2 fully saturated rings. The Labute approximate surface area is 104 Å². The average Bonchev–Trinajstić information content (AvgIpc) is 2.29. The fraction of sp³-hybridized carbons (Fsp3) is 1.00. The van der Waals surface area contributed by atoms with Gasteiger partial charge in [0.25, 0.3) is 0 Å². The molecule has 0 aromatic heterocycles. The maximum atomic E-state index is 5.89. The maximum Gasteiger partial charge on any atom is 0.0850 e. The molecule has 2 heterocycles. The molecule has 0 bridgehead atoms. The van der Waals surface area contributed by atoms with Crippen LogP contribution in [0.4, 0.5) is 0 Å². The Hall–Kier alpha value is -0.200. The largest absolute Gasteiger partial charge is 0.374 e. The van der Waals surface area contributed by atoms with Crippen LogP contribution in [0.5, 0.6) is 0 Å². The fourth-order valence-electron chi connectivity index (χ4n) is 2.48. The second kappa shape index (κ2) is 6.11. The Morgan fingerprint density at radius 2 is 2.00 bits per heavy atom. The Bertz CT molecular complexity index is 238. The summed E-state index contributed by atoms with van der Waals surface area (Å²) in [6, 6.07) is 0.104. The molecule has 0 aromatic rings. The van der Waals surface area contributed by atoms with Gasteiger partial charge in [-0.3, -0.25) is 4.90 Å². The first-order valence-corrected chi connectivity index (χ1v) is 6.55. The van der Waals surface area contributed by atoms with Crippen LogP contribution in [0.1, 0.15) is 6.92 Å². The lowest BCUT2D eigenvalue weighted by molar-refractivity contribution is -0.0749. The fourth-order valence-corrected chi connectivity index (χ4v) is 2.48. The molecule has 0 aromatic carbocycles. The van der Waals surface area contributed by atoms with Gasteiger partial charge in [0, 0.05) is 38.8 Å². The smallest absolute Gasteiger partial charge is 0.0850 e. The van der Waals surface area contributed by atoms with Crippen molar-refractivity contribution in [1.29, 1.82) is 0 Å². The number of hydrogen-bond donors (Lipinski definition) is 1. The topological polar surface area (TPSA) is 51.0 Å². The molecular weight excluding hydrogens is 218 g/mol. The van der Waals surface area contributed by atoms with Crippen LogP contribution in [0, 0.1) is 0 Å². The molecule has 2 N–H and O–H groups in total. The van der Waals surface area contributed by atoms with Crippen LogP contribution in [-0.4, -0.2) is 81.0 Å². The van der Waals surface area contributed by atoms with E-state index < -0.39 is 0 Å². The van der Waals surface area contributed by atoms with Crippen molar-refractivity contribution in [2.75, 3.05) is 53.0 Å². The maximum absolute atomic E-state index is 5.89. The minimum atomic E-state index is 0.104. The van der Waals surface area contributed by atoms with Crippen LogP contribution in [0.15, 0.2) is 0 Å². The van der Waals surface area contributed by atoms with E-state index in [9.17, 15) is 0 Å². The average molecular weight is 243 g/mol. The highest BCUT2D eigenvalue weighted by molar-refractivity contribution is 4.81. The van der Waals surface area contributed by atoms with E-state index in [0.717, 1.165) is 45.9 Å². The summed E-state index contributed by atoms with van der Waals surface area (Å²) in [6.45, 7) is 8.64. The number of morpholine rings is 2. The van der Waals surface area contributed by atoms with Crippen LogP contribution in [0.2, 0.25) is 0 Å². The van der Waals surface area contributed by atoms with Crippen LogP contribution < -0.4 is 5.73 Å². The van der Waals surface area contributed by atoms with Crippen molar-refractivity contribution in [1.82, 2.24) is 9.80 Å². The molecule has 2 aliphatic heterocycles. The van der Waals surface area contributed by atoms with E-state index in [1.165, 1.54) is 0 Å². The predicted octanol–water partition coefficient (Wildman–Crippen LogP) is -0.635. The van der Waals surface area contributed by atoms with Crippen LogP contribution >= 0.6 is 0 Å². The number of nitrogens with zero attached hydrogens (tertiary/aromatic N) is 2. The second-order valence-corrected chi connectivity index (χ2v) is 5.28. The van der Waals surface area contributed by atoms with Gasteiger partial charge in [0.2, 0.25) is 0 Å². The summed E-state index contributed by atoms with van der Waals surface area (Å²) in [5.41, 5.74) is 5.89. The third-order valence-corrected chi connectivity index (χ3v) is 3.57. The molecule has 5 heteroatoms. The van der Waals surface area contributed by atoms with Crippen LogP contribution in [0.25, 0.3) is 0 Å². The van der Waals surface area contributed by atoms with Crippen LogP contribution in [0.3, 0.4) is 0 Å². The molecule has 2 saturated heterocycles. The Balaban J connectivity index is 1.78. The van der Waals surface area contributed by atoms with E-state index in [1.54, 1.807) is 0 Å². The predicted molar refractivity (Wildman–Crippen MR) is 67.1 cm³/mol. The van der Waals surface area contributed by atoms with Gasteiger partial charge in [0.1, 0.15) is 0 Å². The summed E-state index contributed by atoms with van der Waals surface area (Å²) in [5.74, 6) is 0. The molecular formula is C12H25N3O2. The number of likely N-dealkylation sites (N-methyl/N-ethyl adjacent to an activating group) is 1. The van der Waals surface area contributed by atoms with E-state index in [1.807, 2.05) is 6.92 Å². The van der Waals surface area contributed by atoms with Gasteiger partial charge in [-0.05, 0) is 14.0 Å². The molecule has 2 aliphatic rings. The normalized spacial score (nSPS) is 34.8. The van der Waals surface area contributed by atoms with Crippen molar-refractivity contribution in [3.63, 3.8) is 0 Å². The van der Waals surface area contributed by atoms with Gasteiger partial charge in [-0.2, -0.15) is 0 Å². The number of rotatable bonds is 3. The zero-order valence-electron chi connectivity index (χ0n) is 11.0. The van der Waals surface area contributed by atoms with E-state index in [0.29, 0.717) is 6.10 Å². The van der Waals surface area contributed by atoms with E-state index >= 15 is 0 Å². The van der Waals surface area contributed by atoms with Gasteiger partial charge in [-0.15, -0.1) is 0 Å². The molecule has 17 heavy (non-hydrogen) atoms. The van der Waals surface area contributed by atoms with E-state index in [-0.39, 0.29) is 12.1 Å². The molecule has 0 spiro atoms. The van der Waals surface area contributed by atoms with Gasteiger partial charge in [-0.25, -0.2) is 0 Å². The highest BCUT2D eigenvalue weighted by Gasteiger charge is 2.26. The van der Waals surface area contributed by atoms with Crippen molar-refractivity contribution < 1.29 is 9.47 Å². The lowest BCUT2D eigenvalue weighted by atomic mass is 10.1. The van der Waals surface area contributed by atoms with Gasteiger partial charge in [0.15, 0.2) is 0 Å². The standard InChI is InChI=1S/C12H25N3O2/c1-10(13)12-9-15(4-6-17-12)8-11-7-14(2)3-5-16-11/h10-12H,3-9,13H2,1-2H3. The van der Waals surface area contributed by atoms with Crippen molar-refractivity contribution >= 4 is 0 Å². The third kappa shape index (κ3) is 3.89. The van der Waals surface area contributed by atoms with Crippen molar-refractivity contribution in [2.45, 2.75) is 25.2 Å². The molecule has 0 aliphatic carbocycles. The summed E-state index contributed by atoms with van der Waals surface area (Å²) in [5, 5.41) is 0. The molecule has 0 amide bonds. The minimum Gasteiger partial charge on any atom is -0.374 e. The molecule has 2 rings (SSSR count). The van der Waals surface area contributed by atoms with Gasteiger partial charge in [-0.1, -0.05) is 0 Å². The summed E-state index contributed by atoms with van der Waals surface area (Å²) in [6.07, 6.45) is 0.505. The van der Waals surface area contributed by atoms with Gasteiger partial charge in [0.05, 0.1) is 25.4 Å². The van der Waals surface area contributed by atoms with Crippen molar-refractivity contribution in [3.8, 4) is 0 Å². The molecule has 3 atom stereocenters. The lowest BCUT2D eigenvalue weighted by Crippen LogP contribution is -2.53. The van der Waals surface area contributed by atoms with Crippen molar-refractivity contribution in [3.05, 3.63) is 0 Å². The van der Waals surface area contributed by atoms with Gasteiger partial charge >= 0.3 is 0 Å². The molecule has 0 saturated carbocycles. The lowest BCUT2D eigenvalue weighted by Gasteiger charge is -2.38. The number of ether oxygens (including phenoxy) is 2. The Kier molecular flexibility index (Phi) is 4.76. The first-order chi connectivity index (χ1) is 8.15. The SMILES string of the molecule is CC(N)C1CN(CC2CN(C)CCO2)CCO1.